The van der Waals surface area contributed by atoms with Gasteiger partial charge in [-0.25, -0.2) is 0 Å². The first-order chi connectivity index (χ1) is 7.09. The van der Waals surface area contributed by atoms with Crippen molar-refractivity contribution < 1.29 is 0 Å². The van der Waals surface area contributed by atoms with Crippen LogP contribution in [0.25, 0.3) is 0 Å². The van der Waals surface area contributed by atoms with Gasteiger partial charge in [-0.15, -0.1) is 0 Å². The first-order valence-corrected chi connectivity index (χ1v) is 5.91. The van der Waals surface area contributed by atoms with E-state index in [0.29, 0.717) is 0 Å². The number of fused-ring (bicyclic) bond motifs is 1. The highest BCUT2D eigenvalue weighted by atomic mass is 14.9. The van der Waals surface area contributed by atoms with Crippen LogP contribution in [0, 0.1) is 0 Å². The summed E-state index contributed by atoms with van der Waals surface area (Å²) in [5.41, 5.74) is 4.86. The van der Waals surface area contributed by atoms with Crippen LogP contribution < -0.4 is 5.32 Å². The zero-order valence-electron chi connectivity index (χ0n) is 10.1. The molecule has 1 aromatic carbocycles. The molecule has 0 amide bonds. The van der Waals surface area contributed by atoms with E-state index >= 15 is 0 Å². The fourth-order valence-corrected chi connectivity index (χ4v) is 2.40. The van der Waals surface area contributed by atoms with Gasteiger partial charge in [-0.3, -0.25) is 0 Å². The Morgan fingerprint density at radius 2 is 2.00 bits per heavy atom. The lowest BCUT2D eigenvalue weighted by Crippen LogP contribution is -2.19. The van der Waals surface area contributed by atoms with Crippen LogP contribution in [0.2, 0.25) is 0 Å². The largest absolute Gasteiger partial charge is 0.313 e. The molecule has 0 fully saturated rings. The summed E-state index contributed by atoms with van der Waals surface area (Å²) >= 11 is 0. The summed E-state index contributed by atoms with van der Waals surface area (Å²) in [6, 6.07) is 6.79. The first-order valence-electron chi connectivity index (χ1n) is 5.91. The van der Waals surface area contributed by atoms with Crippen molar-refractivity contribution in [3.63, 3.8) is 0 Å². The highest BCUT2D eigenvalue weighted by Gasteiger charge is 2.20. The molecule has 0 bridgehead atoms. The predicted molar refractivity (Wildman–Crippen MR) is 65.2 cm³/mol. The third kappa shape index (κ3) is 2.23. The zero-order chi connectivity index (χ0) is 10.9. The van der Waals surface area contributed by atoms with Crippen LogP contribution in [-0.4, -0.2) is 6.54 Å². The Morgan fingerprint density at radius 1 is 1.20 bits per heavy atom. The number of benzene rings is 1. The second-order valence-electron chi connectivity index (χ2n) is 5.47. The maximum absolute atomic E-state index is 3.52. The monoisotopic (exact) mass is 203 g/mol. The highest BCUT2D eigenvalue weighted by molar-refractivity contribution is 5.39. The molecule has 1 nitrogen and oxygen atoms in total. The van der Waals surface area contributed by atoms with Crippen molar-refractivity contribution in [1.82, 2.24) is 5.32 Å². The Labute approximate surface area is 92.9 Å². The van der Waals surface area contributed by atoms with Crippen LogP contribution in [0.1, 0.15) is 43.9 Å². The van der Waals surface area contributed by atoms with E-state index in [1.165, 1.54) is 18.4 Å². The van der Waals surface area contributed by atoms with Gasteiger partial charge >= 0.3 is 0 Å². The normalized spacial score (nSPS) is 17.0. The third-order valence-corrected chi connectivity index (χ3v) is 3.18. The smallest absolute Gasteiger partial charge is 0.0211 e. The molecular weight excluding hydrogens is 182 g/mol. The predicted octanol–water partition coefficient (Wildman–Crippen LogP) is 3.02. The highest BCUT2D eigenvalue weighted by Crippen LogP contribution is 2.29. The Bertz CT molecular complexity index is 347. The lowest BCUT2D eigenvalue weighted by molar-refractivity contribution is 0.576. The van der Waals surface area contributed by atoms with E-state index in [2.05, 4.69) is 44.3 Å². The molecule has 0 saturated heterocycles. The molecule has 82 valence electrons. The number of hydrogen-bond acceptors (Lipinski definition) is 1. The summed E-state index contributed by atoms with van der Waals surface area (Å²) in [6.45, 7) is 9.09. The van der Waals surface area contributed by atoms with Gasteiger partial charge in [-0.1, -0.05) is 39.0 Å². The van der Waals surface area contributed by atoms with Crippen molar-refractivity contribution in [2.75, 3.05) is 6.54 Å². The summed E-state index contributed by atoms with van der Waals surface area (Å²) in [7, 11) is 0. The van der Waals surface area contributed by atoms with Crippen molar-refractivity contribution in [1.29, 1.82) is 0 Å². The van der Waals surface area contributed by atoms with Crippen LogP contribution in [0.15, 0.2) is 18.2 Å². The maximum atomic E-state index is 3.52. The van der Waals surface area contributed by atoms with E-state index in [4.69, 9.17) is 0 Å². The van der Waals surface area contributed by atoms with E-state index in [1.807, 2.05) is 0 Å². The van der Waals surface area contributed by atoms with Gasteiger partial charge in [0.1, 0.15) is 0 Å². The Hall–Kier alpha value is -0.820. The van der Waals surface area contributed by atoms with Crippen LogP contribution in [0.5, 0.6) is 0 Å². The molecule has 0 unspecified atom stereocenters. The van der Waals surface area contributed by atoms with Crippen LogP contribution in [0.3, 0.4) is 0 Å². The molecule has 1 heteroatoms. The molecular formula is C14H21N. The van der Waals surface area contributed by atoms with Crippen molar-refractivity contribution in [2.45, 2.75) is 45.6 Å². The van der Waals surface area contributed by atoms with Gasteiger partial charge in [0.15, 0.2) is 0 Å². The minimum atomic E-state index is 0.261. The Kier molecular flexibility index (Phi) is 2.83. The zero-order valence-corrected chi connectivity index (χ0v) is 10.1. The summed E-state index contributed by atoms with van der Waals surface area (Å²) in [5.74, 6) is 0. The van der Waals surface area contributed by atoms with Crippen LogP contribution in [0.4, 0.5) is 0 Å². The fraction of sp³-hybridized carbons (Fsp3) is 0.571. The van der Waals surface area contributed by atoms with Gasteiger partial charge in [0, 0.05) is 6.54 Å². The second kappa shape index (κ2) is 3.97. The molecule has 0 atom stereocenters. The Balaban J connectivity index is 2.48. The third-order valence-electron chi connectivity index (χ3n) is 3.18. The number of rotatable bonds is 0. The number of nitrogens with one attached hydrogen (secondary N) is 1. The molecule has 0 saturated carbocycles. The van der Waals surface area contributed by atoms with E-state index in [0.717, 1.165) is 13.1 Å². The van der Waals surface area contributed by atoms with Gasteiger partial charge < -0.3 is 5.32 Å². The molecule has 0 spiro atoms. The minimum Gasteiger partial charge on any atom is -0.313 e. The van der Waals surface area contributed by atoms with Crippen molar-refractivity contribution in [2.24, 2.45) is 0 Å². The summed E-state index contributed by atoms with van der Waals surface area (Å²) in [4.78, 5) is 0. The van der Waals surface area contributed by atoms with Gasteiger partial charge in [-0.05, 0) is 41.5 Å². The average Bonchev–Trinajstić information content (AvgIpc) is 2.39. The van der Waals surface area contributed by atoms with Gasteiger partial charge in [0.25, 0.3) is 0 Å². The van der Waals surface area contributed by atoms with E-state index in [1.54, 1.807) is 11.1 Å². The van der Waals surface area contributed by atoms with Crippen molar-refractivity contribution >= 4 is 0 Å². The van der Waals surface area contributed by atoms with E-state index in [-0.39, 0.29) is 5.41 Å². The molecule has 1 aliphatic rings. The molecule has 1 N–H and O–H groups in total. The van der Waals surface area contributed by atoms with Crippen LogP contribution >= 0.6 is 0 Å². The number of hydrogen-bond donors (Lipinski definition) is 1. The lowest BCUT2D eigenvalue weighted by atomic mass is 9.82. The second-order valence-corrected chi connectivity index (χ2v) is 5.47. The molecule has 2 rings (SSSR count). The molecule has 1 aromatic rings. The standard InChI is InChI=1S/C14H21N/c1-14(2,3)13-8-4-6-11-7-5-9-15-10-12(11)13/h4,6,8,15H,5,7,9-10H2,1-3H3. The quantitative estimate of drug-likeness (QED) is 0.683. The SMILES string of the molecule is CC(C)(C)c1cccc2c1CNCCC2. The first kappa shape index (κ1) is 10.7. The molecule has 1 aliphatic heterocycles. The lowest BCUT2D eigenvalue weighted by Gasteiger charge is -2.24. The van der Waals surface area contributed by atoms with E-state index in [9.17, 15) is 0 Å². The van der Waals surface area contributed by atoms with E-state index < -0.39 is 0 Å². The molecule has 0 aliphatic carbocycles. The summed E-state index contributed by atoms with van der Waals surface area (Å²) in [6.07, 6.45) is 2.49. The van der Waals surface area contributed by atoms with Gasteiger partial charge in [0.2, 0.25) is 0 Å². The minimum absolute atomic E-state index is 0.261. The Morgan fingerprint density at radius 3 is 2.73 bits per heavy atom. The van der Waals surface area contributed by atoms with Gasteiger partial charge in [-0.2, -0.15) is 0 Å². The average molecular weight is 203 g/mol. The number of aryl methyl sites for hydroxylation is 1. The molecule has 15 heavy (non-hydrogen) atoms. The fourth-order valence-electron chi connectivity index (χ4n) is 2.40. The van der Waals surface area contributed by atoms with Gasteiger partial charge in [0.05, 0.1) is 0 Å². The maximum Gasteiger partial charge on any atom is 0.0211 e. The summed E-state index contributed by atoms with van der Waals surface area (Å²) < 4.78 is 0. The van der Waals surface area contributed by atoms with Crippen molar-refractivity contribution in [3.8, 4) is 0 Å². The molecule has 0 radical (unpaired) electrons. The van der Waals surface area contributed by atoms with Crippen LogP contribution in [-0.2, 0) is 18.4 Å². The summed E-state index contributed by atoms with van der Waals surface area (Å²) in [5, 5.41) is 3.52. The van der Waals surface area contributed by atoms with Crippen molar-refractivity contribution in [3.05, 3.63) is 34.9 Å². The topological polar surface area (TPSA) is 12.0 Å². The molecule has 0 aromatic heterocycles. The molecule has 1 heterocycles.